The van der Waals surface area contributed by atoms with Gasteiger partial charge in [0, 0.05) is 36.8 Å². The van der Waals surface area contributed by atoms with Crippen LogP contribution in [0.15, 0.2) is 42.6 Å². The molecular formula is C23H22F4N6O. The van der Waals surface area contributed by atoms with Crippen molar-refractivity contribution in [1.82, 2.24) is 24.5 Å². The maximum atomic E-state index is 14.2. The molecule has 1 aliphatic heterocycles. The molecule has 4 aromatic rings. The maximum absolute atomic E-state index is 14.2. The predicted molar refractivity (Wildman–Crippen MR) is 118 cm³/mol. The summed E-state index contributed by atoms with van der Waals surface area (Å²) in [6, 6.07) is 6.96. The highest BCUT2D eigenvalue weighted by molar-refractivity contribution is 5.82. The van der Waals surface area contributed by atoms with E-state index in [1.54, 1.807) is 19.1 Å². The van der Waals surface area contributed by atoms with Gasteiger partial charge in [0.25, 0.3) is 0 Å². The Bertz CT molecular complexity index is 1350. The van der Waals surface area contributed by atoms with Crippen LogP contribution in [0.1, 0.15) is 24.9 Å². The molecule has 0 bridgehead atoms. The average Bonchev–Trinajstić information content (AvgIpc) is 3.39. The van der Waals surface area contributed by atoms with Crippen LogP contribution in [0.25, 0.3) is 28.1 Å². The number of fused-ring (bicyclic) bond motifs is 2. The van der Waals surface area contributed by atoms with Gasteiger partial charge in [-0.2, -0.15) is 13.2 Å². The van der Waals surface area contributed by atoms with Crippen molar-refractivity contribution < 1.29 is 22.3 Å². The molecule has 2 atom stereocenters. The molecule has 1 aromatic carbocycles. The third kappa shape index (κ3) is 4.05. The number of benzene rings is 1. The first-order chi connectivity index (χ1) is 16.2. The average molecular weight is 474 g/mol. The van der Waals surface area contributed by atoms with Crippen LogP contribution in [-0.2, 0) is 0 Å². The number of rotatable bonds is 5. The van der Waals surface area contributed by atoms with E-state index in [1.807, 2.05) is 0 Å². The van der Waals surface area contributed by atoms with Gasteiger partial charge >= 0.3 is 6.18 Å². The fraction of sp³-hybridized carbons (Fsp3) is 0.348. The molecular weight excluding hydrogens is 452 g/mol. The molecule has 7 nitrogen and oxygen atoms in total. The molecule has 1 fully saturated rings. The molecule has 3 aromatic heterocycles. The summed E-state index contributed by atoms with van der Waals surface area (Å²) in [6.45, 7) is 2.48. The van der Waals surface area contributed by atoms with E-state index in [1.165, 1.54) is 39.8 Å². The second kappa shape index (κ2) is 8.48. The van der Waals surface area contributed by atoms with Crippen molar-refractivity contribution in [2.24, 2.45) is 5.73 Å². The van der Waals surface area contributed by atoms with E-state index < -0.39 is 18.0 Å². The number of pyridine rings is 2. The van der Waals surface area contributed by atoms with Gasteiger partial charge in [-0.15, -0.1) is 10.2 Å². The van der Waals surface area contributed by atoms with Crippen LogP contribution in [0.2, 0.25) is 0 Å². The second-order valence-corrected chi connectivity index (χ2v) is 8.31. The Morgan fingerprint density at radius 1 is 1.18 bits per heavy atom. The van der Waals surface area contributed by atoms with Gasteiger partial charge in [-0.25, -0.2) is 9.37 Å². The third-order valence-corrected chi connectivity index (χ3v) is 5.94. The summed E-state index contributed by atoms with van der Waals surface area (Å²) in [5.74, 6) is -0.147. The van der Waals surface area contributed by atoms with Crippen molar-refractivity contribution in [3.05, 3.63) is 54.0 Å². The smallest absolute Gasteiger partial charge is 0.408 e. The zero-order valence-electron chi connectivity index (χ0n) is 18.3. The first-order valence-corrected chi connectivity index (χ1v) is 10.9. The van der Waals surface area contributed by atoms with E-state index in [0.29, 0.717) is 35.3 Å². The van der Waals surface area contributed by atoms with E-state index >= 15 is 0 Å². The normalized spacial score (nSPS) is 18.1. The lowest BCUT2D eigenvalue weighted by molar-refractivity contribution is -0.183. The summed E-state index contributed by atoms with van der Waals surface area (Å²) < 4.78 is 63.2. The monoisotopic (exact) mass is 474 g/mol. The van der Waals surface area contributed by atoms with Crippen LogP contribution in [0.5, 0.6) is 5.75 Å². The van der Waals surface area contributed by atoms with Crippen LogP contribution in [0, 0.1) is 5.82 Å². The van der Waals surface area contributed by atoms with Crippen LogP contribution in [0.4, 0.5) is 17.6 Å². The van der Waals surface area contributed by atoms with Gasteiger partial charge in [0.05, 0.1) is 12.1 Å². The molecule has 0 radical (unpaired) electrons. The van der Waals surface area contributed by atoms with Crippen LogP contribution in [-0.4, -0.2) is 56.4 Å². The minimum Gasteiger partial charge on any atom is -0.491 e. The lowest BCUT2D eigenvalue weighted by Crippen LogP contribution is -2.38. The van der Waals surface area contributed by atoms with Crippen molar-refractivity contribution in [1.29, 1.82) is 0 Å². The molecule has 11 heteroatoms. The van der Waals surface area contributed by atoms with E-state index in [0.717, 1.165) is 0 Å². The van der Waals surface area contributed by atoms with Gasteiger partial charge in [0.1, 0.15) is 11.7 Å². The van der Waals surface area contributed by atoms with E-state index in [4.69, 9.17) is 10.5 Å². The van der Waals surface area contributed by atoms with Crippen molar-refractivity contribution in [3.63, 3.8) is 0 Å². The summed E-state index contributed by atoms with van der Waals surface area (Å²) in [6.07, 6.45) is -2.57. The summed E-state index contributed by atoms with van der Waals surface area (Å²) in [5, 5.41) is 8.79. The number of likely N-dealkylation sites (tertiary alicyclic amines) is 1. The molecule has 178 valence electrons. The van der Waals surface area contributed by atoms with Crippen LogP contribution >= 0.6 is 0 Å². The quantitative estimate of drug-likeness (QED) is 0.439. The fourth-order valence-electron chi connectivity index (χ4n) is 4.42. The SMILES string of the molecule is CCOc1cc2nc(-c3nnc4ccc([C@@H](N5CCC(N)C5)C(F)(F)F)cn34)ccc2cc1F. The number of nitrogens with zero attached hydrogens (tertiary/aromatic N) is 5. The first-order valence-electron chi connectivity index (χ1n) is 10.9. The number of halogens is 4. The predicted octanol–water partition coefficient (Wildman–Crippen LogP) is 4.12. The molecule has 1 unspecified atom stereocenters. The van der Waals surface area contributed by atoms with E-state index in [9.17, 15) is 17.6 Å². The van der Waals surface area contributed by atoms with E-state index in [-0.39, 0.29) is 36.3 Å². The minimum atomic E-state index is -4.48. The molecule has 5 rings (SSSR count). The Hall–Kier alpha value is -3.31. The highest BCUT2D eigenvalue weighted by Gasteiger charge is 2.46. The molecule has 0 saturated carbocycles. The van der Waals surface area contributed by atoms with Gasteiger partial charge in [-0.1, -0.05) is 12.1 Å². The lowest BCUT2D eigenvalue weighted by Gasteiger charge is -2.30. The standard InChI is InChI=1S/C23H22F4N6O/c1-2-34-19-10-18-13(9-16(19)24)3-5-17(29-18)22-31-30-20-6-4-14(11-33(20)22)21(23(25,26)27)32-8-7-15(28)12-32/h3-6,9-11,15,21H,2,7-8,12,28H2,1H3/t15?,21-/m1/s1. The highest BCUT2D eigenvalue weighted by atomic mass is 19.4. The summed E-state index contributed by atoms with van der Waals surface area (Å²) in [4.78, 5) is 5.90. The molecule has 1 saturated heterocycles. The number of hydrogen-bond acceptors (Lipinski definition) is 6. The van der Waals surface area contributed by atoms with Crippen molar-refractivity contribution in [2.75, 3.05) is 19.7 Å². The Balaban J connectivity index is 1.59. The molecule has 1 aliphatic rings. The van der Waals surface area contributed by atoms with Crippen molar-refractivity contribution in [2.45, 2.75) is 31.6 Å². The minimum absolute atomic E-state index is 0.0663. The van der Waals surface area contributed by atoms with E-state index in [2.05, 4.69) is 15.2 Å². The number of aromatic nitrogens is 4. The molecule has 34 heavy (non-hydrogen) atoms. The molecule has 2 N–H and O–H groups in total. The zero-order valence-corrected chi connectivity index (χ0v) is 18.3. The summed E-state index contributed by atoms with van der Waals surface area (Å²) in [7, 11) is 0. The van der Waals surface area contributed by atoms with Gasteiger partial charge in [-0.05, 0) is 37.1 Å². The summed E-state index contributed by atoms with van der Waals surface area (Å²) in [5.41, 5.74) is 7.17. The second-order valence-electron chi connectivity index (χ2n) is 8.31. The highest BCUT2D eigenvalue weighted by Crippen LogP contribution is 2.39. The van der Waals surface area contributed by atoms with Gasteiger partial charge in [0.2, 0.25) is 0 Å². The lowest BCUT2D eigenvalue weighted by atomic mass is 10.1. The Labute approximate surface area is 192 Å². The molecule has 0 spiro atoms. The number of alkyl halides is 3. The molecule has 4 heterocycles. The van der Waals surface area contributed by atoms with Gasteiger partial charge in [0.15, 0.2) is 23.0 Å². The Morgan fingerprint density at radius 3 is 2.71 bits per heavy atom. The van der Waals surface area contributed by atoms with Gasteiger partial charge in [-0.3, -0.25) is 9.30 Å². The van der Waals surface area contributed by atoms with Crippen molar-refractivity contribution >= 4 is 16.6 Å². The van der Waals surface area contributed by atoms with Gasteiger partial charge < -0.3 is 10.5 Å². The Kier molecular flexibility index (Phi) is 5.61. The summed E-state index contributed by atoms with van der Waals surface area (Å²) >= 11 is 0. The van der Waals surface area contributed by atoms with Crippen LogP contribution < -0.4 is 10.5 Å². The maximum Gasteiger partial charge on any atom is 0.408 e. The first kappa shape index (κ1) is 22.5. The largest absolute Gasteiger partial charge is 0.491 e. The zero-order chi connectivity index (χ0) is 24.0. The number of hydrogen-bond donors (Lipinski definition) is 1. The number of ether oxygens (including phenoxy) is 1. The van der Waals surface area contributed by atoms with Crippen LogP contribution in [0.3, 0.4) is 0 Å². The molecule has 0 amide bonds. The van der Waals surface area contributed by atoms with Crippen molar-refractivity contribution in [3.8, 4) is 17.3 Å². The Morgan fingerprint density at radius 2 is 2.00 bits per heavy atom. The molecule has 0 aliphatic carbocycles. The fourth-order valence-corrected chi connectivity index (χ4v) is 4.42. The number of nitrogens with two attached hydrogens (primary N) is 1. The topological polar surface area (TPSA) is 81.6 Å². The third-order valence-electron chi connectivity index (χ3n) is 5.94.